The van der Waals surface area contributed by atoms with Gasteiger partial charge in [-0.1, -0.05) is 56.0 Å². The Morgan fingerprint density at radius 2 is 1.51 bits per heavy atom. The van der Waals surface area contributed by atoms with Gasteiger partial charge < -0.3 is 15.1 Å². The van der Waals surface area contributed by atoms with Crippen LogP contribution in [0, 0.1) is 0 Å². The van der Waals surface area contributed by atoms with Crippen LogP contribution < -0.4 is 4.72 Å². The number of para-hydroxylation sites is 2. The van der Waals surface area contributed by atoms with Crippen LogP contribution in [0.1, 0.15) is 43.0 Å². The third-order valence-corrected chi connectivity index (χ3v) is 8.83. The van der Waals surface area contributed by atoms with Crippen LogP contribution >= 0.6 is 0 Å². The average Bonchev–Trinajstić information content (AvgIpc) is 2.94. The van der Waals surface area contributed by atoms with Crippen LogP contribution in [0.2, 0.25) is 0 Å². The molecular weight excluding hydrogens is 540 g/mol. The van der Waals surface area contributed by atoms with E-state index >= 15 is 0 Å². The summed E-state index contributed by atoms with van der Waals surface area (Å²) >= 11 is 0. The van der Waals surface area contributed by atoms with Gasteiger partial charge in [-0.15, -0.1) is 0 Å². The molecule has 6 rings (SSSR count). The number of phenols is 2. The quantitative estimate of drug-likeness (QED) is 0.269. The van der Waals surface area contributed by atoms with E-state index in [1.54, 1.807) is 71.8 Å². The number of nitrogens with one attached hydrogen (secondary N) is 1. The molecule has 1 saturated heterocycles. The number of fused-ring (bicyclic) bond motifs is 1. The molecule has 0 unspecified atom stereocenters. The number of pyridine rings is 1. The number of carbonyl (C=O) groups excluding carboxylic acids is 1. The van der Waals surface area contributed by atoms with Gasteiger partial charge in [-0.05, 0) is 42.5 Å². The molecule has 1 saturated carbocycles. The predicted molar refractivity (Wildman–Crippen MR) is 161 cm³/mol. The molecule has 1 aromatic heterocycles. The molecule has 3 aromatic carbocycles. The maximum absolute atomic E-state index is 13.0. The van der Waals surface area contributed by atoms with Crippen molar-refractivity contribution < 1.29 is 24.9 Å². The molecule has 1 aliphatic carbocycles. The fraction of sp³-hybridized carbons (Fsp3) is 0.290. The van der Waals surface area contributed by atoms with Gasteiger partial charge in [0.1, 0.15) is 4.90 Å². The third kappa shape index (κ3) is 6.78. The largest absolute Gasteiger partial charge is 0.504 e. The lowest BCUT2D eigenvalue weighted by molar-refractivity contribution is 0.0627. The number of sulfonamides is 1. The Morgan fingerprint density at radius 1 is 0.854 bits per heavy atom. The van der Waals surface area contributed by atoms with Crippen LogP contribution in [0.5, 0.6) is 11.5 Å². The van der Waals surface area contributed by atoms with Gasteiger partial charge in [0.25, 0.3) is 15.9 Å². The van der Waals surface area contributed by atoms with E-state index in [9.17, 15) is 23.4 Å². The maximum atomic E-state index is 13.0. The minimum absolute atomic E-state index is 0. The summed E-state index contributed by atoms with van der Waals surface area (Å²) in [6.07, 6.45) is 7.55. The molecule has 0 atom stereocenters. The van der Waals surface area contributed by atoms with E-state index < -0.39 is 10.0 Å². The molecule has 1 aliphatic heterocycles. The number of hydrogen-bond acceptors (Lipinski definition) is 7. The summed E-state index contributed by atoms with van der Waals surface area (Å²) in [5.74, 6) is -0.396. The standard InChI is InChI=1S/C27H26N4O5S.C4H8.H2/c32-23-7-1-5-21(26(23)33)18-30-14-16-31(17-15-30)27(34)20-9-11-22(12-10-20)29-37(35,36)24-8-2-4-19-6-3-13-28-25(19)24;1-2-4-3-1;/h1-13,29,32-33H,14-18H2;1-4H2;1H. The highest BCUT2D eigenvalue weighted by molar-refractivity contribution is 7.93. The van der Waals surface area contributed by atoms with Gasteiger partial charge in [0.2, 0.25) is 0 Å². The summed E-state index contributed by atoms with van der Waals surface area (Å²) in [6.45, 7) is 2.75. The van der Waals surface area contributed by atoms with Gasteiger partial charge in [-0.2, -0.15) is 0 Å². The van der Waals surface area contributed by atoms with E-state index in [0.717, 1.165) is 5.39 Å². The lowest BCUT2D eigenvalue weighted by Crippen LogP contribution is -2.48. The number of aromatic nitrogens is 1. The molecule has 2 aliphatic rings. The van der Waals surface area contributed by atoms with Crippen molar-refractivity contribution >= 4 is 32.5 Å². The van der Waals surface area contributed by atoms with Crippen LogP contribution in [0.4, 0.5) is 5.69 Å². The van der Waals surface area contributed by atoms with Crippen LogP contribution in [-0.4, -0.2) is 65.5 Å². The number of phenolic OH excluding ortho intramolecular Hbond substituents is 2. The zero-order valence-corrected chi connectivity index (χ0v) is 23.6. The highest BCUT2D eigenvalue weighted by Crippen LogP contribution is 2.29. The van der Waals surface area contributed by atoms with Crippen LogP contribution in [0.25, 0.3) is 10.9 Å². The van der Waals surface area contributed by atoms with Gasteiger partial charge >= 0.3 is 0 Å². The first-order chi connectivity index (χ1) is 19.8. The van der Waals surface area contributed by atoms with Crippen molar-refractivity contribution in [1.29, 1.82) is 0 Å². The van der Waals surface area contributed by atoms with Crippen molar-refractivity contribution in [3.8, 4) is 11.5 Å². The second-order valence-corrected chi connectivity index (χ2v) is 11.9. The van der Waals surface area contributed by atoms with Crippen LogP contribution in [-0.2, 0) is 16.6 Å². The molecule has 1 amide bonds. The monoisotopic (exact) mass is 576 g/mol. The van der Waals surface area contributed by atoms with Gasteiger partial charge in [-0.3, -0.25) is 19.4 Å². The first-order valence-corrected chi connectivity index (χ1v) is 15.3. The zero-order valence-electron chi connectivity index (χ0n) is 22.7. The Morgan fingerprint density at radius 3 is 2.20 bits per heavy atom. The number of aromatic hydroxyl groups is 2. The van der Waals surface area contributed by atoms with Crippen molar-refractivity contribution in [2.75, 3.05) is 30.9 Å². The van der Waals surface area contributed by atoms with E-state index in [0.29, 0.717) is 55.1 Å². The zero-order chi connectivity index (χ0) is 28.8. The van der Waals surface area contributed by atoms with Crippen molar-refractivity contribution in [3.63, 3.8) is 0 Å². The van der Waals surface area contributed by atoms with E-state index in [4.69, 9.17) is 0 Å². The number of nitrogens with zero attached hydrogens (tertiary/aromatic N) is 3. The highest BCUT2D eigenvalue weighted by atomic mass is 32.2. The first kappa shape index (κ1) is 28.4. The fourth-order valence-electron chi connectivity index (χ4n) is 4.67. The molecule has 9 nitrogen and oxygen atoms in total. The molecule has 3 N–H and O–H groups in total. The third-order valence-electron chi connectivity index (χ3n) is 7.42. The van der Waals surface area contributed by atoms with Gasteiger partial charge in [-0.25, -0.2) is 8.42 Å². The van der Waals surface area contributed by atoms with Crippen molar-refractivity contribution in [3.05, 3.63) is 90.1 Å². The molecule has 2 fully saturated rings. The van der Waals surface area contributed by atoms with E-state index in [1.807, 2.05) is 0 Å². The van der Waals surface area contributed by atoms with Gasteiger partial charge in [0.15, 0.2) is 11.5 Å². The number of piperazine rings is 1. The Hall–Kier alpha value is -4.15. The molecule has 10 heteroatoms. The van der Waals surface area contributed by atoms with Crippen LogP contribution in [0.15, 0.2) is 83.9 Å². The molecule has 0 radical (unpaired) electrons. The van der Waals surface area contributed by atoms with E-state index in [1.165, 1.54) is 37.8 Å². The average molecular weight is 577 g/mol. The lowest BCUT2D eigenvalue weighted by Gasteiger charge is -2.35. The number of carbonyl (C=O) groups is 1. The van der Waals surface area contributed by atoms with Crippen molar-refractivity contribution in [2.45, 2.75) is 37.1 Å². The topological polar surface area (TPSA) is 123 Å². The summed E-state index contributed by atoms with van der Waals surface area (Å²) in [4.78, 5) is 21.2. The second-order valence-electron chi connectivity index (χ2n) is 10.3. The summed E-state index contributed by atoms with van der Waals surface area (Å²) in [6, 6.07) is 19.8. The van der Waals surface area contributed by atoms with Crippen molar-refractivity contribution in [2.24, 2.45) is 0 Å². The summed E-state index contributed by atoms with van der Waals surface area (Å²) < 4.78 is 28.6. The van der Waals surface area contributed by atoms with Gasteiger partial charge in [0, 0.05) is 62.5 Å². The Bertz CT molecular complexity index is 1610. The number of amides is 1. The Kier molecular flexibility index (Phi) is 8.70. The normalized spacial score (nSPS) is 15.5. The predicted octanol–water partition coefficient (Wildman–Crippen LogP) is 5.21. The minimum atomic E-state index is -3.88. The highest BCUT2D eigenvalue weighted by Gasteiger charge is 2.24. The number of anilines is 1. The lowest BCUT2D eigenvalue weighted by atomic mass is 10.0. The Labute approximate surface area is 241 Å². The molecule has 0 spiro atoms. The van der Waals surface area contributed by atoms with Crippen molar-refractivity contribution in [1.82, 2.24) is 14.8 Å². The molecule has 0 bridgehead atoms. The summed E-state index contributed by atoms with van der Waals surface area (Å²) in [5.41, 5.74) is 1.84. The molecular formula is C31H36N4O5S. The first-order valence-electron chi connectivity index (χ1n) is 13.8. The Balaban J connectivity index is 0.000000747. The smallest absolute Gasteiger partial charge is 0.264 e. The molecule has 216 valence electrons. The van der Waals surface area contributed by atoms with Crippen LogP contribution in [0.3, 0.4) is 0 Å². The summed E-state index contributed by atoms with van der Waals surface area (Å²) in [7, 11) is -3.88. The number of hydrogen-bond donors (Lipinski definition) is 3. The van der Waals surface area contributed by atoms with E-state index in [2.05, 4.69) is 14.6 Å². The fourth-order valence-corrected chi connectivity index (χ4v) is 5.91. The molecule has 2 heterocycles. The van der Waals surface area contributed by atoms with Gasteiger partial charge in [0.05, 0.1) is 5.52 Å². The number of rotatable bonds is 6. The second kappa shape index (κ2) is 12.6. The van der Waals surface area contributed by atoms with E-state index in [-0.39, 0.29) is 23.7 Å². The minimum Gasteiger partial charge on any atom is -0.504 e. The summed E-state index contributed by atoms with van der Waals surface area (Å²) in [5, 5.41) is 20.5. The molecule has 41 heavy (non-hydrogen) atoms. The number of benzene rings is 3. The SMILES string of the molecule is C1CCC1.O=C(c1ccc(NS(=O)(=O)c2cccc3cccnc23)cc1)N1CCN(Cc2cccc(O)c2O)CC1.[HH]. The maximum Gasteiger partial charge on any atom is 0.264 e. The molecule has 4 aromatic rings.